The van der Waals surface area contributed by atoms with Crippen LogP contribution >= 0.6 is 11.3 Å². The molecule has 0 saturated heterocycles. The minimum absolute atomic E-state index is 0.00373. The Bertz CT molecular complexity index is 3810. The molecule has 0 spiro atoms. The number of rotatable bonds is 1. The monoisotopic (exact) mass is 892 g/mol. The molecule has 0 amide bonds. The maximum Gasteiger partial charge on any atom is 0.333 e. The van der Waals surface area contributed by atoms with Crippen LogP contribution in [-0.2, 0) is 27.1 Å². The van der Waals surface area contributed by atoms with Gasteiger partial charge in [-0.3, -0.25) is 0 Å². The number of hydrogen-bond donors (Lipinski definition) is 0. The molecule has 0 bridgehead atoms. The number of fused-ring (bicyclic) bond motifs is 17. The van der Waals surface area contributed by atoms with E-state index in [4.69, 9.17) is 4.42 Å². The number of nitrogens with zero attached hydrogens (tertiary/aromatic N) is 2. The third-order valence-corrected chi connectivity index (χ3v) is 17.7. The highest BCUT2D eigenvalue weighted by molar-refractivity contribution is 7.27. The van der Waals surface area contributed by atoms with Gasteiger partial charge in [-0.25, -0.2) is 0 Å². The van der Waals surface area contributed by atoms with E-state index in [2.05, 4.69) is 209 Å². The largest absolute Gasteiger partial charge is 0.456 e. The summed E-state index contributed by atoms with van der Waals surface area (Å²) in [5.41, 5.74) is 20.6. The van der Waals surface area contributed by atoms with E-state index in [9.17, 15) is 0 Å². The van der Waals surface area contributed by atoms with Gasteiger partial charge in [0.05, 0.1) is 11.0 Å². The van der Waals surface area contributed by atoms with Gasteiger partial charge < -0.3 is 13.8 Å². The summed E-state index contributed by atoms with van der Waals surface area (Å²) in [4.78, 5) is 2.70. The fraction of sp³-hybridized carbons (Fsp3) is 0.323. The number of aromatic nitrogens is 1. The number of thiophene rings is 1. The average Bonchev–Trinajstić information content (AvgIpc) is 3.94. The number of anilines is 2. The van der Waals surface area contributed by atoms with Crippen molar-refractivity contribution in [3.8, 4) is 16.8 Å². The first-order chi connectivity index (χ1) is 31.6. The van der Waals surface area contributed by atoms with Gasteiger partial charge in [-0.1, -0.05) is 139 Å². The summed E-state index contributed by atoms with van der Waals surface area (Å²) >= 11 is 1.97. The third kappa shape index (κ3) is 5.64. The first-order valence-electron chi connectivity index (χ1n) is 24.7. The van der Waals surface area contributed by atoms with Gasteiger partial charge in [0.2, 0.25) is 0 Å². The van der Waals surface area contributed by atoms with Crippen molar-refractivity contribution in [2.24, 2.45) is 0 Å². The van der Waals surface area contributed by atoms with E-state index in [-0.39, 0.29) is 33.9 Å². The standard InChI is InChI=1S/C62H61BN2OS/c1-58(2,3)34-18-22-37(23-19-34)65-48-33-50-39(40-31-43-44(32-49(40)66-50)62(12,13)27-26-61(43,10)11)30-42(48)52-53-38-16-14-15-17-51(38)67-57(53)54-41-28-35(59(4,5)6)20-24-46(41)64-47-25-21-36(60(7,8)9)29-45(47)63(65)55(52)56(54)64/h14-25,28-33H,26-27H2,1-13H3. The zero-order chi connectivity index (χ0) is 46.6. The Labute approximate surface area is 399 Å². The van der Waals surface area contributed by atoms with Gasteiger partial charge in [-0.05, 0) is 139 Å². The van der Waals surface area contributed by atoms with Crippen LogP contribution in [0.4, 0.5) is 11.4 Å². The smallest absolute Gasteiger partial charge is 0.333 e. The summed E-state index contributed by atoms with van der Waals surface area (Å²) in [7, 11) is 0. The second-order valence-corrected chi connectivity index (χ2v) is 25.9. The van der Waals surface area contributed by atoms with Crippen molar-refractivity contribution in [1.82, 2.24) is 4.57 Å². The van der Waals surface area contributed by atoms with E-state index in [1.807, 2.05) is 11.3 Å². The molecule has 7 aromatic carbocycles. The molecule has 5 heterocycles. The van der Waals surface area contributed by atoms with Gasteiger partial charge in [0.25, 0.3) is 0 Å². The SMILES string of the molecule is CC(C)(C)c1ccc(N2B3c4cc(C(C)(C)C)ccc4-n4c5ccc(C(C)(C)C)cc5c5c6sc7ccccc7c6c(c3c54)-c3cc4c(cc32)oc2cc3c(cc24)C(C)(C)CCC3(C)C)cc1. The van der Waals surface area contributed by atoms with E-state index < -0.39 is 0 Å². The van der Waals surface area contributed by atoms with Gasteiger partial charge in [0.15, 0.2) is 0 Å². The molecular formula is C62H61BN2OS. The molecule has 0 N–H and O–H groups in total. The molecule has 10 aromatic rings. The second-order valence-electron chi connectivity index (χ2n) is 24.9. The van der Waals surface area contributed by atoms with Crippen molar-refractivity contribution in [1.29, 1.82) is 0 Å². The van der Waals surface area contributed by atoms with E-state index >= 15 is 0 Å². The molecule has 0 unspecified atom stereocenters. The molecule has 334 valence electrons. The Hall–Kier alpha value is -5.78. The van der Waals surface area contributed by atoms with E-state index in [0.29, 0.717) is 0 Å². The highest BCUT2D eigenvalue weighted by Gasteiger charge is 2.47. The number of benzene rings is 7. The Kier molecular flexibility index (Phi) is 8.07. The Morgan fingerprint density at radius 1 is 0.567 bits per heavy atom. The highest BCUT2D eigenvalue weighted by Crippen LogP contribution is 2.55. The van der Waals surface area contributed by atoms with Gasteiger partial charge in [-0.2, -0.15) is 0 Å². The van der Waals surface area contributed by atoms with Gasteiger partial charge in [-0.15, -0.1) is 11.3 Å². The van der Waals surface area contributed by atoms with Crippen LogP contribution in [0.25, 0.3) is 80.7 Å². The summed E-state index contributed by atoms with van der Waals surface area (Å²) in [6.07, 6.45) is 2.34. The fourth-order valence-electron chi connectivity index (χ4n) is 12.4. The Morgan fingerprint density at radius 2 is 1.18 bits per heavy atom. The predicted molar refractivity (Wildman–Crippen MR) is 291 cm³/mol. The van der Waals surface area contributed by atoms with Crippen LogP contribution in [0.1, 0.15) is 131 Å². The Balaban J connectivity index is 1.25. The number of furan rings is 1. The molecule has 3 aliphatic rings. The van der Waals surface area contributed by atoms with Crippen LogP contribution in [0, 0.1) is 0 Å². The maximum absolute atomic E-state index is 7.16. The maximum atomic E-state index is 7.16. The van der Waals surface area contributed by atoms with Crippen molar-refractivity contribution in [2.45, 2.75) is 130 Å². The van der Waals surface area contributed by atoms with Crippen LogP contribution in [0.5, 0.6) is 0 Å². The molecular weight excluding hydrogens is 832 g/mol. The van der Waals surface area contributed by atoms with Crippen molar-refractivity contribution in [3.63, 3.8) is 0 Å². The van der Waals surface area contributed by atoms with Crippen LogP contribution in [0.2, 0.25) is 0 Å². The average molecular weight is 893 g/mol. The molecule has 13 rings (SSSR count). The van der Waals surface area contributed by atoms with Crippen LogP contribution in [0.3, 0.4) is 0 Å². The van der Waals surface area contributed by atoms with Crippen LogP contribution in [0.15, 0.2) is 114 Å². The molecule has 0 fully saturated rings. The summed E-state index contributed by atoms with van der Waals surface area (Å²) in [5.74, 6) is 0. The van der Waals surface area contributed by atoms with Crippen molar-refractivity contribution < 1.29 is 4.42 Å². The van der Waals surface area contributed by atoms with Crippen molar-refractivity contribution in [2.75, 3.05) is 4.81 Å². The molecule has 0 atom stereocenters. The van der Waals surface area contributed by atoms with Crippen molar-refractivity contribution >= 4 is 104 Å². The van der Waals surface area contributed by atoms with Crippen LogP contribution in [-0.4, -0.2) is 11.4 Å². The first-order valence-corrected chi connectivity index (χ1v) is 25.5. The van der Waals surface area contributed by atoms with E-state index in [1.165, 1.54) is 133 Å². The molecule has 3 aromatic heterocycles. The predicted octanol–water partition coefficient (Wildman–Crippen LogP) is 16.5. The first kappa shape index (κ1) is 41.4. The minimum atomic E-state index is -0.111. The zero-order valence-corrected chi connectivity index (χ0v) is 42.4. The second kappa shape index (κ2) is 13.1. The lowest BCUT2D eigenvalue weighted by molar-refractivity contribution is 0.332. The summed E-state index contributed by atoms with van der Waals surface area (Å²) in [6, 6.07) is 43.3. The topological polar surface area (TPSA) is 21.3 Å². The molecule has 0 radical (unpaired) electrons. The third-order valence-electron chi connectivity index (χ3n) is 16.5. The minimum Gasteiger partial charge on any atom is -0.456 e. The van der Waals surface area contributed by atoms with Crippen molar-refractivity contribution in [3.05, 3.63) is 137 Å². The highest BCUT2D eigenvalue weighted by atomic mass is 32.1. The van der Waals surface area contributed by atoms with Gasteiger partial charge >= 0.3 is 6.85 Å². The molecule has 67 heavy (non-hydrogen) atoms. The van der Waals surface area contributed by atoms with E-state index in [0.717, 1.165) is 11.2 Å². The van der Waals surface area contributed by atoms with Gasteiger partial charge in [0.1, 0.15) is 11.2 Å². The molecule has 5 heteroatoms. The fourth-order valence-corrected chi connectivity index (χ4v) is 13.7. The van der Waals surface area contributed by atoms with E-state index in [1.54, 1.807) is 0 Å². The summed E-state index contributed by atoms with van der Waals surface area (Å²) < 4.78 is 12.5. The summed E-state index contributed by atoms with van der Waals surface area (Å²) in [5, 5.41) is 7.84. The zero-order valence-electron chi connectivity index (χ0n) is 41.6. The Morgan fingerprint density at radius 3 is 1.88 bits per heavy atom. The molecule has 2 aliphatic heterocycles. The summed E-state index contributed by atoms with van der Waals surface area (Å²) in [6.45, 7) is 30.6. The lowest BCUT2D eigenvalue weighted by Crippen LogP contribution is -2.60. The van der Waals surface area contributed by atoms with Gasteiger partial charge in [0, 0.05) is 70.4 Å². The normalized spacial score (nSPS) is 16.5. The molecule has 3 nitrogen and oxygen atoms in total. The lowest BCUT2D eigenvalue weighted by Gasteiger charge is -2.42. The molecule has 1 aliphatic carbocycles. The lowest BCUT2D eigenvalue weighted by atomic mass is 9.43. The number of hydrogen-bond acceptors (Lipinski definition) is 3. The molecule has 0 saturated carbocycles. The quantitative estimate of drug-likeness (QED) is 0.153. The van der Waals surface area contributed by atoms with Crippen LogP contribution < -0.4 is 15.7 Å².